The van der Waals surface area contributed by atoms with Crippen LogP contribution in [0.1, 0.15) is 31.2 Å². The summed E-state index contributed by atoms with van der Waals surface area (Å²) in [7, 11) is -2.58. The highest BCUT2D eigenvalue weighted by Crippen LogP contribution is 2.38. The molecule has 0 N–H and O–H groups in total. The van der Waals surface area contributed by atoms with Crippen molar-refractivity contribution in [3.05, 3.63) is 47.5 Å². The number of aromatic nitrogens is 1. The number of hydrogen-bond acceptors (Lipinski definition) is 7. The summed E-state index contributed by atoms with van der Waals surface area (Å²) < 4.78 is 66.9. The number of amides is 1. The van der Waals surface area contributed by atoms with Crippen molar-refractivity contribution in [1.29, 1.82) is 0 Å². The molecule has 2 saturated heterocycles. The Kier molecular flexibility index (Phi) is 7.67. The summed E-state index contributed by atoms with van der Waals surface area (Å²) in [6, 6.07) is 6.22. The molecular formula is C26H29F2N3O5S2. The first kappa shape index (κ1) is 26.9. The fourth-order valence-electron chi connectivity index (χ4n) is 5.02. The number of anilines is 1. The predicted octanol–water partition coefficient (Wildman–Crippen LogP) is 4.50. The Balaban J connectivity index is 1.38. The van der Waals surface area contributed by atoms with Crippen LogP contribution < -0.4 is 9.64 Å². The molecule has 0 bridgehead atoms. The molecule has 1 atom stereocenters. The zero-order valence-corrected chi connectivity index (χ0v) is 22.8. The predicted molar refractivity (Wildman–Crippen MR) is 140 cm³/mol. The lowest BCUT2D eigenvalue weighted by molar-refractivity contribution is -0.123. The van der Waals surface area contributed by atoms with E-state index in [0.29, 0.717) is 35.6 Å². The lowest BCUT2D eigenvalue weighted by atomic mass is 9.96. The zero-order valence-electron chi connectivity index (χ0n) is 21.2. The molecule has 1 unspecified atom stereocenters. The van der Waals surface area contributed by atoms with Gasteiger partial charge in [0.05, 0.1) is 24.5 Å². The number of benzene rings is 2. The van der Waals surface area contributed by atoms with Crippen LogP contribution in [0.2, 0.25) is 0 Å². The first-order chi connectivity index (χ1) is 18.2. The van der Waals surface area contributed by atoms with Gasteiger partial charge in [-0.25, -0.2) is 22.2 Å². The zero-order chi connectivity index (χ0) is 27.0. The summed E-state index contributed by atoms with van der Waals surface area (Å²) in [5.74, 6) is -1.92. The number of carbonyl (C=O) groups excluding carboxylic acids is 1. The first-order valence-corrected chi connectivity index (χ1v) is 14.8. The van der Waals surface area contributed by atoms with Crippen molar-refractivity contribution in [3.8, 4) is 5.75 Å². The van der Waals surface area contributed by atoms with Gasteiger partial charge in [0.25, 0.3) is 0 Å². The van der Waals surface area contributed by atoms with Gasteiger partial charge in [0.15, 0.2) is 5.13 Å². The summed E-state index contributed by atoms with van der Waals surface area (Å²) in [6.07, 6.45) is 2.22. The number of carbonyl (C=O) groups is 1. The number of hydrogen-bond donors (Lipinski definition) is 0. The summed E-state index contributed by atoms with van der Waals surface area (Å²) in [4.78, 5) is 19.7. The second-order valence-corrected chi connectivity index (χ2v) is 12.5. The highest BCUT2D eigenvalue weighted by molar-refractivity contribution is 7.89. The third-order valence-corrected chi connectivity index (χ3v) is 10.3. The van der Waals surface area contributed by atoms with Gasteiger partial charge >= 0.3 is 0 Å². The van der Waals surface area contributed by atoms with Crippen molar-refractivity contribution in [2.24, 2.45) is 5.92 Å². The van der Waals surface area contributed by atoms with Crippen molar-refractivity contribution in [2.45, 2.75) is 43.6 Å². The average Bonchev–Trinajstić information content (AvgIpc) is 3.58. The van der Waals surface area contributed by atoms with Crippen LogP contribution in [0.4, 0.5) is 13.9 Å². The molecule has 0 spiro atoms. The quantitative estimate of drug-likeness (QED) is 0.419. The average molecular weight is 566 g/mol. The van der Waals surface area contributed by atoms with Gasteiger partial charge in [-0.3, -0.25) is 9.69 Å². The van der Waals surface area contributed by atoms with Crippen LogP contribution in [-0.4, -0.2) is 63.1 Å². The standard InChI is InChI=1S/C26H29F2N3O5S2/c1-16-5-7-21(35-2)23-24(16)37-26(29-23)31(15-19-4-3-13-36-19)25(32)17-9-11-30(12-10-17)38(33,34)22-8-6-18(27)14-20(22)28/h5-8,14,17,19H,3-4,9-13,15H2,1-2H3. The molecule has 0 saturated carbocycles. The summed E-state index contributed by atoms with van der Waals surface area (Å²) in [5.41, 5.74) is 1.72. The number of halogens is 2. The molecule has 3 heterocycles. The molecule has 2 aliphatic rings. The molecule has 1 amide bonds. The molecule has 1 aromatic heterocycles. The third kappa shape index (κ3) is 5.14. The number of rotatable bonds is 7. The molecule has 2 aliphatic heterocycles. The Hall–Kier alpha value is -2.67. The lowest BCUT2D eigenvalue weighted by Crippen LogP contribution is -2.46. The van der Waals surface area contributed by atoms with Gasteiger partial charge in [0, 0.05) is 31.7 Å². The number of methoxy groups -OCH3 is 1. The second-order valence-electron chi connectivity index (χ2n) is 9.60. The Morgan fingerprint density at radius 2 is 1.97 bits per heavy atom. The topological polar surface area (TPSA) is 89.0 Å². The highest BCUT2D eigenvalue weighted by atomic mass is 32.2. The largest absolute Gasteiger partial charge is 0.494 e. The number of fused-ring (bicyclic) bond motifs is 1. The number of ether oxygens (including phenoxy) is 2. The van der Waals surface area contributed by atoms with Crippen LogP contribution >= 0.6 is 11.3 Å². The second kappa shape index (κ2) is 10.8. The van der Waals surface area contributed by atoms with Crippen molar-refractivity contribution in [1.82, 2.24) is 9.29 Å². The maximum atomic E-state index is 14.2. The molecule has 38 heavy (non-hydrogen) atoms. The minimum atomic E-state index is -4.16. The molecular weight excluding hydrogens is 536 g/mol. The van der Waals surface area contributed by atoms with Crippen LogP contribution in [0.3, 0.4) is 0 Å². The minimum Gasteiger partial charge on any atom is -0.494 e. The Morgan fingerprint density at radius 1 is 1.21 bits per heavy atom. The molecule has 0 radical (unpaired) electrons. The number of sulfonamides is 1. The van der Waals surface area contributed by atoms with Crippen molar-refractivity contribution in [3.63, 3.8) is 0 Å². The summed E-state index contributed by atoms with van der Waals surface area (Å²) >= 11 is 1.42. The van der Waals surface area contributed by atoms with Gasteiger partial charge in [0.1, 0.15) is 27.8 Å². The van der Waals surface area contributed by atoms with Gasteiger partial charge in [-0.2, -0.15) is 4.31 Å². The fraction of sp³-hybridized carbons (Fsp3) is 0.462. The number of nitrogens with zero attached hydrogens (tertiary/aromatic N) is 3. The van der Waals surface area contributed by atoms with Crippen LogP contribution in [0, 0.1) is 24.5 Å². The van der Waals surface area contributed by atoms with Gasteiger partial charge in [-0.1, -0.05) is 17.4 Å². The van der Waals surface area contributed by atoms with E-state index in [0.717, 1.165) is 39.5 Å². The number of thiazole rings is 1. The normalized spacial score (nSPS) is 19.2. The van der Waals surface area contributed by atoms with E-state index in [1.807, 2.05) is 19.1 Å². The van der Waals surface area contributed by atoms with Crippen LogP contribution in [0.25, 0.3) is 10.2 Å². The van der Waals surface area contributed by atoms with Gasteiger partial charge in [0.2, 0.25) is 15.9 Å². The van der Waals surface area contributed by atoms with Crippen molar-refractivity contribution < 1.29 is 31.5 Å². The van der Waals surface area contributed by atoms with E-state index in [9.17, 15) is 22.0 Å². The highest BCUT2D eigenvalue weighted by Gasteiger charge is 2.37. The lowest BCUT2D eigenvalue weighted by Gasteiger charge is -2.33. The molecule has 2 aromatic carbocycles. The minimum absolute atomic E-state index is 0.0517. The van der Waals surface area contributed by atoms with E-state index in [-0.39, 0.29) is 37.9 Å². The maximum absolute atomic E-state index is 14.2. The van der Waals surface area contributed by atoms with Crippen LogP contribution in [0.15, 0.2) is 35.2 Å². The van der Waals surface area contributed by atoms with Gasteiger partial charge < -0.3 is 9.47 Å². The van der Waals surface area contributed by atoms with E-state index in [2.05, 4.69) is 0 Å². The molecule has 3 aromatic rings. The molecule has 0 aliphatic carbocycles. The van der Waals surface area contributed by atoms with E-state index < -0.39 is 32.5 Å². The van der Waals surface area contributed by atoms with Crippen molar-refractivity contribution in [2.75, 3.05) is 38.3 Å². The van der Waals surface area contributed by atoms with Gasteiger partial charge in [-0.05, 0) is 56.4 Å². The van der Waals surface area contributed by atoms with E-state index in [4.69, 9.17) is 14.5 Å². The van der Waals surface area contributed by atoms with Gasteiger partial charge in [-0.15, -0.1) is 0 Å². The maximum Gasteiger partial charge on any atom is 0.245 e. The molecule has 204 valence electrons. The van der Waals surface area contributed by atoms with Crippen LogP contribution in [0.5, 0.6) is 5.75 Å². The van der Waals surface area contributed by atoms with Crippen molar-refractivity contribution >= 4 is 42.6 Å². The summed E-state index contributed by atoms with van der Waals surface area (Å²) in [5, 5.41) is 0.552. The van der Waals surface area contributed by atoms with Crippen LogP contribution in [-0.2, 0) is 19.6 Å². The Labute approximate surface area is 224 Å². The molecule has 5 rings (SSSR count). The fourth-order valence-corrected chi connectivity index (χ4v) is 7.60. The number of aryl methyl sites for hydroxylation is 1. The molecule has 2 fully saturated rings. The third-order valence-electron chi connectivity index (χ3n) is 7.13. The molecule has 12 heteroatoms. The van der Waals surface area contributed by atoms with E-state index >= 15 is 0 Å². The number of piperidine rings is 1. The van der Waals surface area contributed by atoms with E-state index in [1.165, 1.54) is 11.3 Å². The summed E-state index contributed by atoms with van der Waals surface area (Å²) in [6.45, 7) is 3.09. The Morgan fingerprint density at radius 3 is 2.63 bits per heavy atom. The monoisotopic (exact) mass is 565 g/mol. The first-order valence-electron chi connectivity index (χ1n) is 12.5. The Bertz CT molecular complexity index is 1450. The SMILES string of the molecule is COc1ccc(C)c2sc(N(CC3CCCO3)C(=O)C3CCN(S(=O)(=O)c4ccc(F)cc4F)CC3)nc12. The smallest absolute Gasteiger partial charge is 0.245 e. The molecule has 8 nitrogen and oxygen atoms in total. The van der Waals surface area contributed by atoms with E-state index in [1.54, 1.807) is 12.0 Å².